The molecule has 2 aromatic rings. The zero-order chi connectivity index (χ0) is 13.7. The van der Waals surface area contributed by atoms with Crippen molar-refractivity contribution in [2.24, 2.45) is 0 Å². The molecule has 1 aromatic heterocycles. The van der Waals surface area contributed by atoms with Crippen LogP contribution in [0.3, 0.4) is 0 Å². The molecule has 0 aliphatic carbocycles. The predicted molar refractivity (Wildman–Crippen MR) is 74.5 cm³/mol. The topological polar surface area (TPSA) is 78.0 Å². The second-order valence-corrected chi connectivity index (χ2v) is 4.27. The van der Waals surface area contributed by atoms with E-state index in [1.165, 1.54) is 6.07 Å². The second-order valence-electron chi connectivity index (χ2n) is 4.27. The van der Waals surface area contributed by atoms with Gasteiger partial charge in [-0.25, -0.2) is 4.98 Å². The number of rotatable bonds is 5. The second kappa shape index (κ2) is 6.04. The minimum absolute atomic E-state index is 0.140. The molecule has 0 amide bonds. The molecule has 0 unspecified atom stereocenters. The van der Waals surface area contributed by atoms with Crippen LogP contribution in [0.2, 0.25) is 0 Å². The standard InChI is InChI=1S/C14H17N3O2/c1-2-12-16-13(9-14(19)17-12)15-8-7-10-3-5-11(18)6-4-10/h3-6,9,18H,2,7-8H2,1H3,(H2,15,16,17,19). The van der Waals surface area contributed by atoms with Crippen molar-refractivity contribution in [2.75, 3.05) is 11.9 Å². The molecule has 0 aliphatic heterocycles. The van der Waals surface area contributed by atoms with E-state index in [2.05, 4.69) is 15.3 Å². The Hall–Kier alpha value is -2.30. The fraction of sp³-hybridized carbons (Fsp3) is 0.286. The van der Waals surface area contributed by atoms with E-state index in [1.807, 2.05) is 19.1 Å². The summed E-state index contributed by atoms with van der Waals surface area (Å²) in [6, 6.07) is 8.53. The van der Waals surface area contributed by atoms with Crippen LogP contribution < -0.4 is 10.9 Å². The first-order valence-corrected chi connectivity index (χ1v) is 6.29. The molecule has 1 heterocycles. The monoisotopic (exact) mass is 259 g/mol. The van der Waals surface area contributed by atoms with E-state index in [1.54, 1.807) is 12.1 Å². The third-order valence-electron chi connectivity index (χ3n) is 2.78. The van der Waals surface area contributed by atoms with Crippen LogP contribution in [-0.4, -0.2) is 21.6 Å². The maximum absolute atomic E-state index is 11.4. The molecule has 2 rings (SSSR count). The minimum Gasteiger partial charge on any atom is -0.508 e. The summed E-state index contributed by atoms with van der Waals surface area (Å²) in [5.74, 6) is 1.54. The van der Waals surface area contributed by atoms with E-state index >= 15 is 0 Å². The highest BCUT2D eigenvalue weighted by Gasteiger charge is 1.99. The summed E-state index contributed by atoms with van der Waals surface area (Å²) in [6.45, 7) is 2.63. The number of aryl methyl sites for hydroxylation is 1. The van der Waals surface area contributed by atoms with Crippen LogP contribution in [0.15, 0.2) is 35.1 Å². The van der Waals surface area contributed by atoms with E-state index in [-0.39, 0.29) is 11.3 Å². The van der Waals surface area contributed by atoms with Crippen LogP contribution in [-0.2, 0) is 12.8 Å². The van der Waals surface area contributed by atoms with Gasteiger partial charge in [0.2, 0.25) is 0 Å². The van der Waals surface area contributed by atoms with Crippen LogP contribution in [0.5, 0.6) is 5.75 Å². The van der Waals surface area contributed by atoms with Gasteiger partial charge in [0.05, 0.1) is 0 Å². The lowest BCUT2D eigenvalue weighted by Gasteiger charge is -2.06. The molecular formula is C14H17N3O2. The van der Waals surface area contributed by atoms with Crippen molar-refractivity contribution in [3.05, 3.63) is 52.1 Å². The van der Waals surface area contributed by atoms with Gasteiger partial charge in [0, 0.05) is 19.0 Å². The van der Waals surface area contributed by atoms with Crippen LogP contribution in [0.4, 0.5) is 5.82 Å². The van der Waals surface area contributed by atoms with Crippen molar-refractivity contribution >= 4 is 5.82 Å². The molecule has 19 heavy (non-hydrogen) atoms. The molecule has 3 N–H and O–H groups in total. The Morgan fingerprint density at radius 1 is 1.32 bits per heavy atom. The Morgan fingerprint density at radius 2 is 2.05 bits per heavy atom. The quantitative estimate of drug-likeness (QED) is 0.763. The van der Waals surface area contributed by atoms with E-state index in [0.29, 0.717) is 24.6 Å². The number of anilines is 1. The summed E-state index contributed by atoms with van der Waals surface area (Å²) in [4.78, 5) is 18.3. The highest BCUT2D eigenvalue weighted by Crippen LogP contribution is 2.10. The number of nitrogens with zero attached hydrogens (tertiary/aromatic N) is 1. The Kier molecular flexibility index (Phi) is 4.18. The number of aromatic nitrogens is 2. The maximum atomic E-state index is 11.4. The van der Waals surface area contributed by atoms with Gasteiger partial charge < -0.3 is 15.4 Å². The Labute approximate surface area is 111 Å². The Morgan fingerprint density at radius 3 is 2.74 bits per heavy atom. The van der Waals surface area contributed by atoms with Gasteiger partial charge in [0.1, 0.15) is 17.4 Å². The van der Waals surface area contributed by atoms with Crippen LogP contribution in [0.25, 0.3) is 0 Å². The van der Waals surface area contributed by atoms with Gasteiger partial charge in [-0.05, 0) is 24.1 Å². The van der Waals surface area contributed by atoms with Crippen molar-refractivity contribution in [1.29, 1.82) is 0 Å². The summed E-state index contributed by atoms with van der Waals surface area (Å²) >= 11 is 0. The van der Waals surface area contributed by atoms with Gasteiger partial charge in [0.25, 0.3) is 5.56 Å². The number of hydrogen-bond donors (Lipinski definition) is 3. The lowest BCUT2D eigenvalue weighted by molar-refractivity contribution is 0.475. The molecule has 0 aliphatic rings. The smallest absolute Gasteiger partial charge is 0.252 e. The molecule has 5 heteroatoms. The Bertz CT molecular complexity index is 590. The first kappa shape index (κ1) is 13.1. The molecule has 1 aromatic carbocycles. The molecule has 0 bridgehead atoms. The molecule has 100 valence electrons. The van der Waals surface area contributed by atoms with E-state index < -0.39 is 0 Å². The molecule has 5 nitrogen and oxygen atoms in total. The van der Waals surface area contributed by atoms with Crippen molar-refractivity contribution in [3.63, 3.8) is 0 Å². The average Bonchev–Trinajstić information content (AvgIpc) is 2.40. The number of nitrogens with one attached hydrogen (secondary N) is 2. The number of aromatic amines is 1. The van der Waals surface area contributed by atoms with E-state index in [4.69, 9.17) is 0 Å². The molecule has 0 radical (unpaired) electrons. The molecule has 0 saturated carbocycles. The average molecular weight is 259 g/mol. The maximum Gasteiger partial charge on any atom is 0.252 e. The number of hydrogen-bond acceptors (Lipinski definition) is 4. The summed E-state index contributed by atoms with van der Waals surface area (Å²) in [7, 11) is 0. The highest BCUT2D eigenvalue weighted by atomic mass is 16.3. The van der Waals surface area contributed by atoms with Gasteiger partial charge in [-0.1, -0.05) is 19.1 Å². The first-order chi connectivity index (χ1) is 9.17. The van der Waals surface area contributed by atoms with Crippen molar-refractivity contribution in [3.8, 4) is 5.75 Å². The normalized spacial score (nSPS) is 10.4. The lowest BCUT2D eigenvalue weighted by atomic mass is 10.1. The summed E-state index contributed by atoms with van der Waals surface area (Å²) in [5.41, 5.74) is 0.977. The van der Waals surface area contributed by atoms with Crippen molar-refractivity contribution < 1.29 is 5.11 Å². The summed E-state index contributed by atoms with van der Waals surface area (Å²) in [6.07, 6.45) is 1.50. The summed E-state index contributed by atoms with van der Waals surface area (Å²) in [5, 5.41) is 12.3. The van der Waals surface area contributed by atoms with Gasteiger partial charge in [-0.2, -0.15) is 0 Å². The van der Waals surface area contributed by atoms with Crippen molar-refractivity contribution in [2.45, 2.75) is 19.8 Å². The van der Waals surface area contributed by atoms with Gasteiger partial charge in [-0.3, -0.25) is 4.79 Å². The number of aromatic hydroxyl groups is 1. The molecular weight excluding hydrogens is 242 g/mol. The fourth-order valence-corrected chi connectivity index (χ4v) is 1.76. The number of phenolic OH excluding ortho intramolecular Hbond substituents is 1. The molecule has 0 atom stereocenters. The number of benzene rings is 1. The van der Waals surface area contributed by atoms with Gasteiger partial charge in [-0.15, -0.1) is 0 Å². The summed E-state index contributed by atoms with van der Waals surface area (Å²) < 4.78 is 0. The molecule has 0 saturated heterocycles. The third kappa shape index (κ3) is 3.84. The molecule has 0 fully saturated rings. The first-order valence-electron chi connectivity index (χ1n) is 6.29. The van der Waals surface area contributed by atoms with E-state index in [9.17, 15) is 9.90 Å². The highest BCUT2D eigenvalue weighted by molar-refractivity contribution is 5.33. The lowest BCUT2D eigenvalue weighted by Crippen LogP contribution is -2.14. The van der Waals surface area contributed by atoms with Crippen LogP contribution >= 0.6 is 0 Å². The van der Waals surface area contributed by atoms with Gasteiger partial charge in [0.15, 0.2) is 0 Å². The van der Waals surface area contributed by atoms with Crippen LogP contribution in [0.1, 0.15) is 18.3 Å². The zero-order valence-electron chi connectivity index (χ0n) is 10.8. The van der Waals surface area contributed by atoms with E-state index in [0.717, 1.165) is 12.0 Å². The third-order valence-corrected chi connectivity index (χ3v) is 2.78. The zero-order valence-corrected chi connectivity index (χ0v) is 10.8. The largest absolute Gasteiger partial charge is 0.508 e. The molecule has 0 spiro atoms. The van der Waals surface area contributed by atoms with Gasteiger partial charge >= 0.3 is 0 Å². The minimum atomic E-state index is -0.140. The van der Waals surface area contributed by atoms with Crippen molar-refractivity contribution in [1.82, 2.24) is 9.97 Å². The number of phenols is 1. The number of H-pyrrole nitrogens is 1. The SMILES string of the molecule is CCc1nc(NCCc2ccc(O)cc2)cc(=O)[nH]1. The Balaban J connectivity index is 1.93. The van der Waals surface area contributed by atoms with Crippen LogP contribution in [0, 0.1) is 0 Å². The predicted octanol–water partition coefficient (Wildman–Crippen LogP) is 1.69. The fourth-order valence-electron chi connectivity index (χ4n) is 1.76.